The van der Waals surface area contributed by atoms with Crippen molar-refractivity contribution < 1.29 is 13.2 Å². The van der Waals surface area contributed by atoms with Gasteiger partial charge in [-0.3, -0.25) is 4.79 Å². The van der Waals surface area contributed by atoms with Crippen molar-refractivity contribution in [2.75, 3.05) is 0 Å². The third kappa shape index (κ3) is 2.22. The molecular weight excluding hydrogens is 365 g/mol. The first-order valence-corrected chi connectivity index (χ1v) is 7.63. The number of nitrogens with zero attached hydrogens (tertiary/aromatic N) is 1. The van der Waals surface area contributed by atoms with Crippen LogP contribution in [0.15, 0.2) is 41.3 Å². The summed E-state index contributed by atoms with van der Waals surface area (Å²) in [6.45, 7) is 1.88. The van der Waals surface area contributed by atoms with E-state index in [1.165, 1.54) is 18.2 Å². The maximum absolute atomic E-state index is 12.4. The summed E-state index contributed by atoms with van der Waals surface area (Å²) in [5, 5.41) is 0. The van der Waals surface area contributed by atoms with E-state index in [1.54, 1.807) is 18.2 Å². The summed E-state index contributed by atoms with van der Waals surface area (Å²) in [6.07, 6.45) is 0.536. The molecule has 1 heterocycles. The Morgan fingerprint density at radius 1 is 1.11 bits per heavy atom. The maximum Gasteiger partial charge on any atom is 0.269 e. The number of aldehydes is 1. The van der Waals surface area contributed by atoms with E-state index in [0.717, 1.165) is 9.54 Å². The first-order chi connectivity index (χ1) is 8.46. The van der Waals surface area contributed by atoms with E-state index in [0.29, 0.717) is 9.99 Å². The molecule has 0 bridgehead atoms. The minimum atomic E-state index is -3.71. The number of carbonyl (C=O) groups excluding carboxylic acids is 1. The van der Waals surface area contributed by atoms with Gasteiger partial charge in [-0.25, -0.2) is 12.4 Å². The maximum atomic E-state index is 12.4. The SMILES string of the molecule is Cc1ccc(S(=O)(=O)n2c(I)ccc2C=O)cc1. The second-order valence-corrected chi connectivity index (χ2v) is 6.67. The highest BCUT2D eigenvalue weighted by Crippen LogP contribution is 2.20. The number of hydrogen-bond acceptors (Lipinski definition) is 3. The van der Waals surface area contributed by atoms with Crippen LogP contribution in [-0.2, 0) is 10.0 Å². The predicted octanol–water partition coefficient (Wildman–Crippen LogP) is 2.45. The van der Waals surface area contributed by atoms with Crippen LogP contribution in [0.3, 0.4) is 0 Å². The second kappa shape index (κ2) is 4.85. The Balaban J connectivity index is 2.65. The average molecular weight is 375 g/mol. The van der Waals surface area contributed by atoms with Crippen molar-refractivity contribution in [3.8, 4) is 0 Å². The average Bonchev–Trinajstić information content (AvgIpc) is 2.71. The number of carbonyl (C=O) groups is 1. The first kappa shape index (κ1) is 13.3. The normalized spacial score (nSPS) is 11.4. The molecule has 0 amide bonds. The smallest absolute Gasteiger partial charge is 0.269 e. The molecule has 2 rings (SSSR count). The minimum Gasteiger partial charge on any atom is -0.296 e. The summed E-state index contributed by atoms with van der Waals surface area (Å²) >= 11 is 1.89. The largest absolute Gasteiger partial charge is 0.296 e. The molecule has 0 aliphatic heterocycles. The molecule has 0 aliphatic rings. The lowest BCUT2D eigenvalue weighted by Crippen LogP contribution is -2.16. The highest BCUT2D eigenvalue weighted by atomic mass is 127. The van der Waals surface area contributed by atoms with Crippen LogP contribution >= 0.6 is 22.6 Å². The van der Waals surface area contributed by atoms with Crippen molar-refractivity contribution in [2.24, 2.45) is 0 Å². The predicted molar refractivity (Wildman–Crippen MR) is 76.3 cm³/mol. The van der Waals surface area contributed by atoms with Gasteiger partial charge in [-0.2, -0.15) is 0 Å². The van der Waals surface area contributed by atoms with Crippen LogP contribution in [0.5, 0.6) is 0 Å². The van der Waals surface area contributed by atoms with Crippen LogP contribution in [0.2, 0.25) is 0 Å². The Bertz CT molecular complexity index is 687. The molecule has 0 aliphatic carbocycles. The van der Waals surface area contributed by atoms with E-state index in [9.17, 15) is 13.2 Å². The van der Waals surface area contributed by atoms with Gasteiger partial charge in [-0.15, -0.1) is 0 Å². The van der Waals surface area contributed by atoms with Crippen LogP contribution in [0.4, 0.5) is 0 Å². The zero-order valence-corrected chi connectivity index (χ0v) is 12.5. The molecule has 0 spiro atoms. The molecule has 0 unspecified atom stereocenters. The molecule has 0 radical (unpaired) electrons. The second-order valence-electron chi connectivity index (χ2n) is 3.78. The van der Waals surface area contributed by atoms with Crippen molar-refractivity contribution in [1.29, 1.82) is 0 Å². The van der Waals surface area contributed by atoms with Crippen molar-refractivity contribution in [1.82, 2.24) is 3.97 Å². The van der Waals surface area contributed by atoms with Crippen LogP contribution in [0.1, 0.15) is 16.1 Å². The Morgan fingerprint density at radius 3 is 2.28 bits per heavy atom. The first-order valence-electron chi connectivity index (χ1n) is 5.11. The van der Waals surface area contributed by atoms with E-state index >= 15 is 0 Å². The van der Waals surface area contributed by atoms with Crippen LogP contribution < -0.4 is 0 Å². The Morgan fingerprint density at radius 2 is 1.72 bits per heavy atom. The Kier molecular flexibility index (Phi) is 3.58. The summed E-state index contributed by atoms with van der Waals surface area (Å²) in [5.74, 6) is 0. The lowest BCUT2D eigenvalue weighted by Gasteiger charge is -2.09. The van der Waals surface area contributed by atoms with E-state index in [1.807, 2.05) is 29.5 Å². The summed E-state index contributed by atoms with van der Waals surface area (Å²) in [6, 6.07) is 9.61. The number of rotatable bonds is 3. The van der Waals surface area contributed by atoms with Gasteiger partial charge in [0.1, 0.15) is 0 Å². The molecular formula is C12H10INO3S. The summed E-state index contributed by atoms with van der Waals surface area (Å²) in [5.41, 5.74) is 1.10. The highest BCUT2D eigenvalue weighted by Gasteiger charge is 2.21. The van der Waals surface area contributed by atoms with Gasteiger partial charge in [0.25, 0.3) is 10.0 Å². The lowest BCUT2D eigenvalue weighted by atomic mass is 10.2. The van der Waals surface area contributed by atoms with Gasteiger partial charge >= 0.3 is 0 Å². The summed E-state index contributed by atoms with van der Waals surface area (Å²) in [7, 11) is -3.71. The van der Waals surface area contributed by atoms with E-state index in [4.69, 9.17) is 0 Å². The molecule has 6 heteroatoms. The summed E-state index contributed by atoms with van der Waals surface area (Å²) < 4.78 is 26.3. The van der Waals surface area contributed by atoms with Gasteiger partial charge in [-0.1, -0.05) is 17.7 Å². The zero-order chi connectivity index (χ0) is 13.3. The molecule has 0 saturated carbocycles. The zero-order valence-electron chi connectivity index (χ0n) is 9.50. The number of hydrogen-bond donors (Lipinski definition) is 0. The fourth-order valence-electron chi connectivity index (χ4n) is 1.57. The molecule has 1 aromatic carbocycles. The molecule has 4 nitrogen and oxygen atoms in total. The van der Waals surface area contributed by atoms with Crippen molar-refractivity contribution in [2.45, 2.75) is 11.8 Å². The van der Waals surface area contributed by atoms with E-state index < -0.39 is 10.0 Å². The molecule has 0 atom stereocenters. The van der Waals surface area contributed by atoms with Gasteiger partial charge in [0.2, 0.25) is 0 Å². The van der Waals surface area contributed by atoms with Crippen molar-refractivity contribution in [3.63, 3.8) is 0 Å². The topological polar surface area (TPSA) is 56.1 Å². The fraction of sp³-hybridized carbons (Fsp3) is 0.0833. The number of aromatic nitrogens is 1. The molecule has 0 N–H and O–H groups in total. The third-order valence-electron chi connectivity index (χ3n) is 2.50. The van der Waals surface area contributed by atoms with Gasteiger partial charge < -0.3 is 0 Å². The Labute approximate surface area is 119 Å². The number of aryl methyl sites for hydroxylation is 1. The van der Waals surface area contributed by atoms with Gasteiger partial charge in [0.15, 0.2) is 6.29 Å². The highest BCUT2D eigenvalue weighted by molar-refractivity contribution is 14.1. The van der Waals surface area contributed by atoms with Crippen molar-refractivity contribution >= 4 is 38.9 Å². The molecule has 2 aromatic rings. The number of halogens is 1. The monoisotopic (exact) mass is 375 g/mol. The molecule has 18 heavy (non-hydrogen) atoms. The third-order valence-corrected chi connectivity index (χ3v) is 5.43. The minimum absolute atomic E-state index is 0.125. The van der Waals surface area contributed by atoms with Crippen LogP contribution in [0, 0.1) is 10.6 Å². The summed E-state index contributed by atoms with van der Waals surface area (Å²) in [4.78, 5) is 11.1. The van der Waals surface area contributed by atoms with Gasteiger partial charge in [0.05, 0.1) is 14.3 Å². The van der Waals surface area contributed by atoms with Gasteiger partial charge in [-0.05, 0) is 53.8 Å². The Hall–Kier alpha value is -1.15. The standard InChI is InChI=1S/C12H10INO3S/c1-9-2-5-11(6-3-9)18(16,17)14-10(8-15)4-7-12(14)13/h2-8H,1H3. The van der Waals surface area contributed by atoms with Crippen LogP contribution in [0.25, 0.3) is 0 Å². The van der Waals surface area contributed by atoms with Crippen LogP contribution in [-0.4, -0.2) is 18.7 Å². The molecule has 0 saturated heterocycles. The molecule has 1 aromatic heterocycles. The number of benzene rings is 1. The molecule has 0 fully saturated rings. The van der Waals surface area contributed by atoms with E-state index in [2.05, 4.69) is 0 Å². The van der Waals surface area contributed by atoms with Crippen molar-refractivity contribution in [3.05, 3.63) is 51.4 Å². The fourth-order valence-corrected chi connectivity index (χ4v) is 4.17. The van der Waals surface area contributed by atoms with Gasteiger partial charge in [0, 0.05) is 0 Å². The lowest BCUT2D eigenvalue weighted by molar-refractivity contribution is 0.111. The van der Waals surface area contributed by atoms with E-state index in [-0.39, 0.29) is 10.6 Å². The molecule has 94 valence electrons. The quantitative estimate of drug-likeness (QED) is 0.612.